The summed E-state index contributed by atoms with van der Waals surface area (Å²) in [5.41, 5.74) is 1.29. The molecule has 0 spiro atoms. The van der Waals surface area contributed by atoms with Crippen LogP contribution in [0.3, 0.4) is 0 Å². The number of carboxylic acid groups (broad SMARTS) is 1. The second-order valence-corrected chi connectivity index (χ2v) is 9.28. The van der Waals surface area contributed by atoms with Crippen LogP contribution in [0.2, 0.25) is 0 Å². The van der Waals surface area contributed by atoms with Gasteiger partial charge in [-0.25, -0.2) is 4.39 Å². The molecular weight excluding hydrogens is 475 g/mol. The molecule has 2 aromatic heterocycles. The van der Waals surface area contributed by atoms with Crippen molar-refractivity contribution in [3.63, 3.8) is 0 Å². The molecule has 4 rings (SSSR count). The van der Waals surface area contributed by atoms with Crippen molar-refractivity contribution in [2.45, 2.75) is 25.4 Å². The molecule has 180 valence electrons. The lowest BCUT2D eigenvalue weighted by atomic mass is 9.81. The van der Waals surface area contributed by atoms with Gasteiger partial charge in [0.15, 0.2) is 0 Å². The number of hydrogen-bond donors (Lipinski definition) is 1. The SMILES string of the molecule is COc1ccc2nccc([C@H](F)CC[C@@H]3CCN(CC#Cc4cccs4)C[C@@H]3C(=O)O)c2c1.Cl. The Labute approximate surface area is 209 Å². The number of thiophene rings is 1. The number of carboxylic acids is 1. The molecule has 8 heteroatoms. The average Bonchev–Trinajstić information content (AvgIpc) is 3.35. The number of likely N-dealkylation sites (tertiary alicyclic amines) is 1. The molecule has 1 N–H and O–H groups in total. The Morgan fingerprint density at radius 3 is 2.97 bits per heavy atom. The number of fused-ring (bicyclic) bond motifs is 1. The number of pyridine rings is 1. The van der Waals surface area contributed by atoms with Crippen LogP contribution in [0.4, 0.5) is 4.39 Å². The van der Waals surface area contributed by atoms with Crippen LogP contribution in [-0.4, -0.2) is 47.7 Å². The summed E-state index contributed by atoms with van der Waals surface area (Å²) in [6.07, 6.45) is 1.97. The largest absolute Gasteiger partial charge is 0.497 e. The van der Waals surface area contributed by atoms with Gasteiger partial charge in [-0.3, -0.25) is 14.7 Å². The molecular formula is C26H28ClFN2O3S. The Kier molecular flexibility index (Phi) is 9.28. The van der Waals surface area contributed by atoms with E-state index in [9.17, 15) is 9.90 Å². The lowest BCUT2D eigenvalue weighted by molar-refractivity contribution is -0.146. The van der Waals surface area contributed by atoms with Crippen LogP contribution in [0.25, 0.3) is 10.9 Å². The van der Waals surface area contributed by atoms with Crippen LogP contribution in [0, 0.1) is 23.7 Å². The molecule has 0 bridgehead atoms. The minimum absolute atomic E-state index is 0. The van der Waals surface area contributed by atoms with Crippen molar-refractivity contribution < 1.29 is 19.0 Å². The van der Waals surface area contributed by atoms with E-state index < -0.39 is 18.1 Å². The second kappa shape index (κ2) is 12.2. The molecule has 3 aromatic rings. The third-order valence-electron chi connectivity index (χ3n) is 6.30. The van der Waals surface area contributed by atoms with E-state index in [4.69, 9.17) is 4.74 Å². The van der Waals surface area contributed by atoms with Gasteiger partial charge in [0.1, 0.15) is 11.9 Å². The highest BCUT2D eigenvalue weighted by molar-refractivity contribution is 7.10. The highest BCUT2D eigenvalue weighted by Crippen LogP contribution is 2.35. The van der Waals surface area contributed by atoms with Crippen LogP contribution >= 0.6 is 23.7 Å². The fraction of sp³-hybridized carbons (Fsp3) is 0.385. The number of halogens is 2. The number of benzene rings is 1. The van der Waals surface area contributed by atoms with Gasteiger partial charge in [-0.1, -0.05) is 17.9 Å². The number of aliphatic carboxylic acids is 1. The van der Waals surface area contributed by atoms with E-state index in [1.54, 1.807) is 36.8 Å². The van der Waals surface area contributed by atoms with Crippen molar-refractivity contribution in [1.29, 1.82) is 0 Å². The number of piperidine rings is 1. The summed E-state index contributed by atoms with van der Waals surface area (Å²) in [5, 5.41) is 12.5. The molecule has 0 amide bonds. The fourth-order valence-electron chi connectivity index (χ4n) is 4.49. The van der Waals surface area contributed by atoms with Gasteiger partial charge in [0.2, 0.25) is 0 Å². The van der Waals surface area contributed by atoms with Gasteiger partial charge in [0.25, 0.3) is 0 Å². The molecule has 34 heavy (non-hydrogen) atoms. The van der Waals surface area contributed by atoms with Crippen molar-refractivity contribution in [3.8, 4) is 17.6 Å². The number of ether oxygens (including phenoxy) is 1. The normalized spacial score (nSPS) is 19.0. The van der Waals surface area contributed by atoms with Crippen LogP contribution in [0.15, 0.2) is 48.0 Å². The standard InChI is InChI=1S/C26H27FN2O3S.ClH/c1-32-19-7-9-25-22(16-19)21(10-12-28-25)24(27)8-6-18-11-14-29(17-23(18)26(30)31)13-2-4-20-5-3-15-33-20;/h3,5,7,9-10,12,15-16,18,23-24H,6,8,11,13-14,17H2,1H3,(H,30,31);1H/t18-,23+,24-;/m1./s1. The highest BCUT2D eigenvalue weighted by atomic mass is 35.5. The molecule has 1 saturated heterocycles. The Morgan fingerprint density at radius 1 is 1.38 bits per heavy atom. The van der Waals surface area contributed by atoms with Gasteiger partial charge in [0, 0.05) is 18.1 Å². The molecule has 1 fully saturated rings. The van der Waals surface area contributed by atoms with Gasteiger partial charge in [0.05, 0.1) is 30.0 Å². The molecule has 0 unspecified atom stereocenters. The quantitative estimate of drug-likeness (QED) is 0.426. The highest BCUT2D eigenvalue weighted by Gasteiger charge is 2.34. The van der Waals surface area contributed by atoms with Crippen molar-refractivity contribution in [1.82, 2.24) is 9.88 Å². The molecule has 1 aliphatic heterocycles. The van der Waals surface area contributed by atoms with E-state index in [1.165, 1.54) is 0 Å². The minimum atomic E-state index is -1.19. The average molecular weight is 503 g/mol. The van der Waals surface area contributed by atoms with Crippen molar-refractivity contribution in [2.24, 2.45) is 11.8 Å². The molecule has 1 aromatic carbocycles. The van der Waals surface area contributed by atoms with Crippen LogP contribution in [-0.2, 0) is 4.79 Å². The summed E-state index contributed by atoms with van der Waals surface area (Å²) in [7, 11) is 1.58. The lowest BCUT2D eigenvalue weighted by Crippen LogP contribution is -2.44. The maximum atomic E-state index is 15.3. The first-order valence-electron chi connectivity index (χ1n) is 11.1. The first kappa shape index (κ1) is 26.0. The van der Waals surface area contributed by atoms with Gasteiger partial charge < -0.3 is 9.84 Å². The van der Waals surface area contributed by atoms with Gasteiger partial charge in [-0.15, -0.1) is 23.7 Å². The summed E-state index contributed by atoms with van der Waals surface area (Å²) in [6, 6.07) is 11.1. The molecule has 0 saturated carbocycles. The summed E-state index contributed by atoms with van der Waals surface area (Å²) >= 11 is 1.59. The summed E-state index contributed by atoms with van der Waals surface area (Å²) < 4.78 is 20.6. The Balaban J connectivity index is 0.00000324. The van der Waals surface area contributed by atoms with E-state index in [-0.39, 0.29) is 24.7 Å². The van der Waals surface area contributed by atoms with Gasteiger partial charge in [-0.05, 0) is 73.0 Å². The number of alkyl halides is 1. The predicted molar refractivity (Wildman–Crippen MR) is 135 cm³/mol. The second-order valence-electron chi connectivity index (χ2n) is 8.34. The first-order chi connectivity index (χ1) is 16.0. The van der Waals surface area contributed by atoms with E-state index in [0.717, 1.165) is 28.7 Å². The summed E-state index contributed by atoms with van der Waals surface area (Å²) in [4.78, 5) is 19.4. The molecule has 0 radical (unpaired) electrons. The topological polar surface area (TPSA) is 62.7 Å². The van der Waals surface area contributed by atoms with Gasteiger partial charge >= 0.3 is 5.97 Å². The molecule has 3 heterocycles. The Hall–Kier alpha value is -2.66. The molecule has 5 nitrogen and oxygen atoms in total. The van der Waals surface area contributed by atoms with E-state index >= 15 is 4.39 Å². The van der Waals surface area contributed by atoms with Crippen molar-refractivity contribution in [2.75, 3.05) is 26.7 Å². The smallest absolute Gasteiger partial charge is 0.308 e. The Morgan fingerprint density at radius 2 is 2.24 bits per heavy atom. The number of rotatable bonds is 7. The maximum Gasteiger partial charge on any atom is 0.308 e. The zero-order chi connectivity index (χ0) is 23.2. The predicted octanol–water partition coefficient (Wildman–Crippen LogP) is 5.59. The number of aromatic nitrogens is 1. The van der Waals surface area contributed by atoms with E-state index in [0.29, 0.717) is 30.8 Å². The maximum absolute atomic E-state index is 15.3. The zero-order valence-corrected chi connectivity index (χ0v) is 20.6. The fourth-order valence-corrected chi connectivity index (χ4v) is 5.08. The van der Waals surface area contributed by atoms with Crippen molar-refractivity contribution >= 4 is 40.6 Å². The zero-order valence-electron chi connectivity index (χ0n) is 18.9. The van der Waals surface area contributed by atoms with E-state index in [2.05, 4.69) is 21.7 Å². The van der Waals surface area contributed by atoms with Crippen LogP contribution < -0.4 is 4.74 Å². The Bertz CT molecular complexity index is 1160. The van der Waals surface area contributed by atoms with Gasteiger partial charge in [-0.2, -0.15) is 0 Å². The lowest BCUT2D eigenvalue weighted by Gasteiger charge is -2.35. The van der Waals surface area contributed by atoms with E-state index in [1.807, 2.05) is 29.6 Å². The molecule has 0 aliphatic carbocycles. The molecule has 1 aliphatic rings. The summed E-state index contributed by atoms with van der Waals surface area (Å²) in [5.74, 6) is 5.55. The van der Waals surface area contributed by atoms with Crippen LogP contribution in [0.5, 0.6) is 5.75 Å². The number of carbonyl (C=O) groups is 1. The minimum Gasteiger partial charge on any atom is -0.497 e. The van der Waals surface area contributed by atoms with Crippen LogP contribution in [0.1, 0.15) is 35.9 Å². The third-order valence-corrected chi connectivity index (χ3v) is 7.09. The third kappa shape index (κ3) is 6.26. The van der Waals surface area contributed by atoms with Crippen molar-refractivity contribution in [3.05, 3.63) is 58.4 Å². The monoisotopic (exact) mass is 502 g/mol. The first-order valence-corrected chi connectivity index (χ1v) is 12.0. The number of hydrogen-bond acceptors (Lipinski definition) is 5. The summed E-state index contributed by atoms with van der Waals surface area (Å²) in [6.45, 7) is 1.77. The number of methoxy groups -OCH3 is 1. The number of nitrogens with zero attached hydrogens (tertiary/aromatic N) is 2. The molecule has 3 atom stereocenters.